The second-order valence-corrected chi connectivity index (χ2v) is 6.89. The van der Waals surface area contributed by atoms with Crippen LogP contribution in [-0.4, -0.2) is 45.4 Å². The third-order valence-corrected chi connectivity index (χ3v) is 4.85. The van der Waals surface area contributed by atoms with Gasteiger partial charge in [-0.05, 0) is 30.7 Å². The van der Waals surface area contributed by atoms with Crippen molar-refractivity contribution in [3.63, 3.8) is 0 Å². The quantitative estimate of drug-likeness (QED) is 0.753. The topological polar surface area (TPSA) is 97.5 Å². The van der Waals surface area contributed by atoms with E-state index < -0.39 is 16.0 Å². The molecule has 8 heteroatoms. The molecule has 23 heavy (non-hydrogen) atoms. The van der Waals surface area contributed by atoms with E-state index >= 15 is 0 Å². The van der Waals surface area contributed by atoms with Gasteiger partial charge in [-0.25, -0.2) is 13.2 Å². The minimum Gasteiger partial charge on any atom is -0.464 e. The molecule has 1 heterocycles. The van der Waals surface area contributed by atoms with Crippen LogP contribution in [0.1, 0.15) is 23.8 Å². The minimum atomic E-state index is -3.52. The molecule has 0 amide bonds. The Labute approximate surface area is 135 Å². The van der Waals surface area contributed by atoms with Gasteiger partial charge in [0.15, 0.2) is 0 Å². The van der Waals surface area contributed by atoms with Crippen LogP contribution >= 0.6 is 0 Å². The highest BCUT2D eigenvalue weighted by Gasteiger charge is 2.18. The summed E-state index contributed by atoms with van der Waals surface area (Å²) < 4.78 is 36.6. The van der Waals surface area contributed by atoms with Gasteiger partial charge in [0, 0.05) is 23.7 Å². The van der Waals surface area contributed by atoms with Crippen molar-refractivity contribution in [1.29, 1.82) is 0 Å². The van der Waals surface area contributed by atoms with E-state index in [4.69, 9.17) is 4.74 Å². The Kier molecular flexibility index (Phi) is 5.27. The predicted octanol–water partition coefficient (Wildman–Crippen LogP) is 2.12. The summed E-state index contributed by atoms with van der Waals surface area (Å²) in [5.41, 5.74) is 1.46. The fraction of sp³-hybridized carbons (Fsp3) is 0.400. The van der Waals surface area contributed by atoms with Crippen molar-refractivity contribution in [2.24, 2.45) is 0 Å². The van der Waals surface area contributed by atoms with E-state index in [2.05, 4.69) is 14.4 Å². The average molecular weight is 340 g/mol. The van der Waals surface area contributed by atoms with E-state index in [9.17, 15) is 13.2 Å². The number of ether oxygens (including phenoxy) is 2. The van der Waals surface area contributed by atoms with E-state index in [0.717, 1.165) is 5.52 Å². The third-order valence-electron chi connectivity index (χ3n) is 3.49. The number of nitrogens with one attached hydrogen (secondary N) is 2. The Morgan fingerprint density at radius 3 is 2.65 bits per heavy atom. The number of hydrogen-bond donors (Lipinski definition) is 2. The summed E-state index contributed by atoms with van der Waals surface area (Å²) in [6.07, 6.45) is 0.255. The smallest absolute Gasteiger partial charge is 0.354 e. The maximum atomic E-state index is 12.2. The molecule has 0 saturated heterocycles. The first-order chi connectivity index (χ1) is 10.9. The highest BCUT2D eigenvalue weighted by Crippen LogP contribution is 2.21. The van der Waals surface area contributed by atoms with Crippen LogP contribution in [0.3, 0.4) is 0 Å². The van der Waals surface area contributed by atoms with Crippen molar-refractivity contribution >= 4 is 32.6 Å². The number of sulfonamides is 1. The summed E-state index contributed by atoms with van der Waals surface area (Å²) in [4.78, 5) is 14.4. The van der Waals surface area contributed by atoms with Crippen LogP contribution in [0.15, 0.2) is 24.3 Å². The van der Waals surface area contributed by atoms with Crippen molar-refractivity contribution in [3.05, 3.63) is 30.0 Å². The van der Waals surface area contributed by atoms with Crippen LogP contribution in [0.5, 0.6) is 0 Å². The molecule has 1 aromatic carbocycles. The SMILES string of the molecule is CCC(CS(=O)(=O)Nc1ccc2[nH]c(C(=O)OC)cc2c1)OC. The maximum Gasteiger partial charge on any atom is 0.354 e. The number of carbonyl (C=O) groups is 1. The zero-order chi connectivity index (χ0) is 17.0. The zero-order valence-corrected chi connectivity index (χ0v) is 14.1. The summed E-state index contributed by atoms with van der Waals surface area (Å²) in [6.45, 7) is 1.86. The number of esters is 1. The van der Waals surface area contributed by atoms with Gasteiger partial charge in [0.05, 0.1) is 19.0 Å². The molecule has 7 nitrogen and oxygen atoms in total. The maximum absolute atomic E-state index is 12.2. The molecule has 1 atom stereocenters. The normalized spacial score (nSPS) is 13.0. The van der Waals surface area contributed by atoms with Gasteiger partial charge in [-0.2, -0.15) is 0 Å². The van der Waals surface area contributed by atoms with Crippen molar-refractivity contribution < 1.29 is 22.7 Å². The first-order valence-electron chi connectivity index (χ1n) is 7.13. The molecule has 126 valence electrons. The molecule has 0 aliphatic heterocycles. The number of hydrogen-bond acceptors (Lipinski definition) is 5. The van der Waals surface area contributed by atoms with Crippen LogP contribution in [0.2, 0.25) is 0 Å². The fourth-order valence-corrected chi connectivity index (χ4v) is 3.67. The molecule has 0 radical (unpaired) electrons. The van der Waals surface area contributed by atoms with Crippen LogP contribution in [-0.2, 0) is 19.5 Å². The van der Waals surface area contributed by atoms with Crippen molar-refractivity contribution in [2.45, 2.75) is 19.4 Å². The van der Waals surface area contributed by atoms with Gasteiger partial charge >= 0.3 is 5.97 Å². The molecule has 2 N–H and O–H groups in total. The van der Waals surface area contributed by atoms with E-state index in [-0.39, 0.29) is 11.9 Å². The number of H-pyrrole nitrogens is 1. The standard InChI is InChI=1S/C15H20N2O5S/c1-4-12(21-2)9-23(19,20)17-11-5-6-13-10(7-11)8-14(16-13)15(18)22-3/h5-8,12,16-17H,4,9H2,1-3H3. The van der Waals surface area contributed by atoms with Crippen LogP contribution in [0.25, 0.3) is 10.9 Å². The third kappa shape index (κ3) is 4.23. The largest absolute Gasteiger partial charge is 0.464 e. The molecular formula is C15H20N2O5S. The monoisotopic (exact) mass is 340 g/mol. The van der Waals surface area contributed by atoms with Gasteiger partial charge in [-0.1, -0.05) is 6.92 Å². The Morgan fingerprint density at radius 2 is 2.04 bits per heavy atom. The minimum absolute atomic E-state index is 0.113. The molecule has 1 aromatic heterocycles. The number of aromatic nitrogens is 1. The molecule has 0 spiro atoms. The number of methoxy groups -OCH3 is 2. The number of rotatable bonds is 7. The Hall–Kier alpha value is -2.06. The molecule has 2 aromatic rings. The second kappa shape index (κ2) is 7.01. The lowest BCUT2D eigenvalue weighted by atomic mass is 10.2. The van der Waals surface area contributed by atoms with Crippen LogP contribution < -0.4 is 4.72 Å². The molecule has 2 rings (SSSR count). The predicted molar refractivity (Wildman–Crippen MR) is 88.1 cm³/mol. The Balaban J connectivity index is 2.22. The zero-order valence-electron chi connectivity index (χ0n) is 13.3. The van der Waals surface area contributed by atoms with E-state index in [0.29, 0.717) is 23.2 Å². The number of fused-ring (bicyclic) bond motifs is 1. The lowest BCUT2D eigenvalue weighted by Crippen LogP contribution is -2.27. The van der Waals surface area contributed by atoms with Crippen molar-refractivity contribution in [2.75, 3.05) is 24.7 Å². The van der Waals surface area contributed by atoms with Gasteiger partial charge in [0.2, 0.25) is 10.0 Å². The Bertz CT molecular complexity index is 793. The Morgan fingerprint density at radius 1 is 1.30 bits per heavy atom. The molecule has 0 aliphatic rings. The van der Waals surface area contributed by atoms with E-state index in [1.54, 1.807) is 24.3 Å². The van der Waals surface area contributed by atoms with Gasteiger partial charge in [-0.15, -0.1) is 0 Å². The highest BCUT2D eigenvalue weighted by atomic mass is 32.2. The summed E-state index contributed by atoms with van der Waals surface area (Å²) in [5.74, 6) is -0.590. The molecule has 1 unspecified atom stereocenters. The van der Waals surface area contributed by atoms with Gasteiger partial charge in [-0.3, -0.25) is 4.72 Å². The van der Waals surface area contributed by atoms with Crippen LogP contribution in [0, 0.1) is 0 Å². The summed E-state index contributed by atoms with van der Waals surface area (Å²) in [5, 5.41) is 0.712. The van der Waals surface area contributed by atoms with Crippen molar-refractivity contribution in [3.8, 4) is 0 Å². The lowest BCUT2D eigenvalue weighted by molar-refractivity contribution is 0.0595. The number of aromatic amines is 1. The summed E-state index contributed by atoms with van der Waals surface area (Å²) in [7, 11) is -0.729. The number of carbonyl (C=O) groups excluding carboxylic acids is 1. The molecule has 0 saturated carbocycles. The second-order valence-electron chi connectivity index (χ2n) is 5.13. The summed E-state index contributed by atoms with van der Waals surface area (Å²) >= 11 is 0. The average Bonchev–Trinajstić information content (AvgIpc) is 2.94. The van der Waals surface area contributed by atoms with Crippen molar-refractivity contribution in [1.82, 2.24) is 4.98 Å². The lowest BCUT2D eigenvalue weighted by Gasteiger charge is -2.14. The fourth-order valence-electron chi connectivity index (χ4n) is 2.23. The molecule has 0 aliphatic carbocycles. The molecular weight excluding hydrogens is 320 g/mol. The first kappa shape index (κ1) is 17.3. The highest BCUT2D eigenvalue weighted by molar-refractivity contribution is 7.92. The number of anilines is 1. The van der Waals surface area contributed by atoms with E-state index in [1.165, 1.54) is 14.2 Å². The van der Waals surface area contributed by atoms with E-state index in [1.807, 2.05) is 6.92 Å². The number of benzene rings is 1. The first-order valence-corrected chi connectivity index (χ1v) is 8.78. The summed E-state index contributed by atoms with van der Waals surface area (Å²) in [6, 6.07) is 6.60. The molecule has 0 fully saturated rings. The van der Waals surface area contributed by atoms with Gasteiger partial charge in [0.25, 0.3) is 0 Å². The van der Waals surface area contributed by atoms with Gasteiger partial charge in [0.1, 0.15) is 5.69 Å². The van der Waals surface area contributed by atoms with Gasteiger partial charge < -0.3 is 14.5 Å². The van der Waals surface area contributed by atoms with Crippen LogP contribution in [0.4, 0.5) is 5.69 Å². The molecule has 0 bridgehead atoms.